The Balaban J connectivity index is 1.53. The summed E-state index contributed by atoms with van der Waals surface area (Å²) in [4.78, 5) is 17.1. The number of aromatic nitrogens is 2. The predicted molar refractivity (Wildman–Crippen MR) is 148 cm³/mol. The van der Waals surface area contributed by atoms with Crippen molar-refractivity contribution in [3.8, 4) is 11.5 Å². The van der Waals surface area contributed by atoms with Crippen molar-refractivity contribution in [2.24, 2.45) is 5.92 Å². The molecule has 6 nitrogen and oxygen atoms in total. The number of hydrogen-bond acceptors (Lipinski definition) is 4. The normalized spacial score (nSPS) is 11.5. The first kappa shape index (κ1) is 27.3. The van der Waals surface area contributed by atoms with Crippen molar-refractivity contribution < 1.29 is 14.3 Å². The maximum atomic E-state index is 12.3. The fraction of sp³-hybridized carbons (Fsp3) is 0.467. The maximum absolute atomic E-state index is 12.3. The van der Waals surface area contributed by atoms with E-state index < -0.39 is 0 Å². The van der Waals surface area contributed by atoms with Crippen LogP contribution >= 0.6 is 0 Å². The zero-order valence-corrected chi connectivity index (χ0v) is 22.3. The van der Waals surface area contributed by atoms with E-state index in [2.05, 4.69) is 41.9 Å². The van der Waals surface area contributed by atoms with Gasteiger partial charge < -0.3 is 19.4 Å². The fourth-order valence-electron chi connectivity index (χ4n) is 4.48. The van der Waals surface area contributed by atoms with E-state index in [9.17, 15) is 4.79 Å². The van der Waals surface area contributed by atoms with Crippen LogP contribution < -0.4 is 14.8 Å². The monoisotopic (exact) mass is 491 g/mol. The van der Waals surface area contributed by atoms with Crippen LogP contribution in [0.25, 0.3) is 17.1 Å². The molecule has 0 aliphatic rings. The first-order chi connectivity index (χ1) is 17.6. The van der Waals surface area contributed by atoms with E-state index in [1.54, 1.807) is 7.11 Å². The fourth-order valence-corrected chi connectivity index (χ4v) is 4.48. The first-order valence-corrected chi connectivity index (χ1v) is 13.3. The molecule has 0 fully saturated rings. The number of para-hydroxylation sites is 2. The number of imidazole rings is 1. The lowest BCUT2D eigenvalue weighted by molar-refractivity contribution is -0.125. The summed E-state index contributed by atoms with van der Waals surface area (Å²) in [5, 5.41) is 3.10. The Hall–Kier alpha value is -3.28. The number of hydrogen-bond donors (Lipinski definition) is 1. The van der Waals surface area contributed by atoms with Crippen LogP contribution in [-0.4, -0.2) is 35.7 Å². The van der Waals surface area contributed by atoms with Gasteiger partial charge in [0.15, 0.2) is 11.5 Å². The van der Waals surface area contributed by atoms with E-state index in [1.807, 2.05) is 43.3 Å². The van der Waals surface area contributed by atoms with Gasteiger partial charge in [-0.1, -0.05) is 44.2 Å². The minimum absolute atomic E-state index is 0.114. The Morgan fingerprint density at radius 2 is 1.89 bits per heavy atom. The van der Waals surface area contributed by atoms with Crippen molar-refractivity contribution in [1.82, 2.24) is 14.9 Å². The third-order valence-electron chi connectivity index (χ3n) is 6.55. The van der Waals surface area contributed by atoms with Gasteiger partial charge >= 0.3 is 0 Å². The molecule has 0 bridgehead atoms. The molecule has 0 saturated heterocycles. The van der Waals surface area contributed by atoms with Gasteiger partial charge in [-0.25, -0.2) is 4.98 Å². The summed E-state index contributed by atoms with van der Waals surface area (Å²) < 4.78 is 13.8. The minimum Gasteiger partial charge on any atom is -0.493 e. The van der Waals surface area contributed by atoms with Crippen LogP contribution in [0.4, 0.5) is 0 Å². The number of methoxy groups -OCH3 is 1. The number of allylic oxidation sites excluding steroid dienone is 1. The lowest BCUT2D eigenvalue weighted by Gasteiger charge is -2.13. The summed E-state index contributed by atoms with van der Waals surface area (Å²) in [7, 11) is 1.67. The summed E-state index contributed by atoms with van der Waals surface area (Å²) in [6.07, 6.45) is 9.45. The quantitative estimate of drug-likeness (QED) is 0.249. The van der Waals surface area contributed by atoms with Gasteiger partial charge in [0, 0.05) is 25.4 Å². The highest BCUT2D eigenvalue weighted by atomic mass is 16.5. The molecule has 1 amide bonds. The number of unbranched alkanes of at least 4 members (excludes halogenated alkanes) is 1. The third kappa shape index (κ3) is 7.36. The Morgan fingerprint density at radius 3 is 2.64 bits per heavy atom. The lowest BCUT2D eigenvalue weighted by Crippen LogP contribution is -2.31. The van der Waals surface area contributed by atoms with E-state index in [-0.39, 0.29) is 11.8 Å². The predicted octanol–water partition coefficient (Wildman–Crippen LogP) is 6.42. The molecule has 1 N–H and O–H groups in total. The van der Waals surface area contributed by atoms with Gasteiger partial charge in [-0.3, -0.25) is 4.79 Å². The minimum atomic E-state index is 0.114. The third-order valence-corrected chi connectivity index (χ3v) is 6.55. The van der Waals surface area contributed by atoms with Gasteiger partial charge in [-0.2, -0.15) is 0 Å². The number of nitrogens with one attached hydrogen (secondary N) is 1. The molecular weight excluding hydrogens is 450 g/mol. The number of benzene rings is 2. The number of carbonyl (C=O) groups excluding carboxylic acids is 1. The maximum Gasteiger partial charge on any atom is 0.223 e. The molecule has 6 heteroatoms. The average Bonchev–Trinajstić information content (AvgIpc) is 3.25. The van der Waals surface area contributed by atoms with Crippen LogP contribution in [0.15, 0.2) is 48.5 Å². The number of aryl methyl sites for hydroxylation is 2. The van der Waals surface area contributed by atoms with Crippen molar-refractivity contribution in [3.05, 3.63) is 59.9 Å². The van der Waals surface area contributed by atoms with Crippen molar-refractivity contribution >= 4 is 23.0 Å². The van der Waals surface area contributed by atoms with Gasteiger partial charge in [0.2, 0.25) is 5.91 Å². The van der Waals surface area contributed by atoms with Crippen LogP contribution in [0.3, 0.4) is 0 Å². The van der Waals surface area contributed by atoms with Crippen LogP contribution in [0.2, 0.25) is 0 Å². The highest BCUT2D eigenvalue weighted by molar-refractivity contribution is 5.78. The first-order valence-electron chi connectivity index (χ1n) is 13.3. The van der Waals surface area contributed by atoms with Gasteiger partial charge in [0.25, 0.3) is 0 Å². The van der Waals surface area contributed by atoms with Crippen molar-refractivity contribution in [1.29, 1.82) is 0 Å². The summed E-state index contributed by atoms with van der Waals surface area (Å²) in [5.41, 5.74) is 3.28. The summed E-state index contributed by atoms with van der Waals surface area (Å²) in [5.74, 6) is 2.89. The topological polar surface area (TPSA) is 65.4 Å². The SMILES string of the molecule is C/C=C/c1ccc(OCCCCn2c(CCCNC(=O)C(CC)CC)nc3ccccc32)c(OC)c1. The number of nitrogens with zero attached hydrogens (tertiary/aromatic N) is 2. The molecule has 0 unspecified atom stereocenters. The molecule has 1 aromatic heterocycles. The molecule has 0 radical (unpaired) electrons. The molecule has 0 saturated carbocycles. The second kappa shape index (κ2) is 14.3. The zero-order valence-electron chi connectivity index (χ0n) is 22.3. The summed E-state index contributed by atoms with van der Waals surface area (Å²) in [6.45, 7) is 8.33. The molecule has 36 heavy (non-hydrogen) atoms. The molecule has 3 rings (SSSR count). The Bertz CT molecular complexity index is 1130. The number of rotatable bonds is 15. The molecule has 1 heterocycles. The summed E-state index contributed by atoms with van der Waals surface area (Å²) in [6, 6.07) is 14.3. The number of amides is 1. The standard InChI is InChI=1S/C30H41N3O3/c1-5-13-23-17-18-27(28(22-23)35-4)36-21-11-10-20-33-26-15-9-8-14-25(26)32-29(33)16-12-19-31-30(34)24(6-2)7-3/h5,8-9,13-15,17-18,22,24H,6-7,10-12,16,19-21H2,1-4H3,(H,31,34)/b13-5+. The molecular formula is C30H41N3O3. The highest BCUT2D eigenvalue weighted by Gasteiger charge is 2.14. The molecule has 3 aromatic rings. The summed E-state index contributed by atoms with van der Waals surface area (Å²) >= 11 is 0. The zero-order chi connectivity index (χ0) is 25.8. The highest BCUT2D eigenvalue weighted by Crippen LogP contribution is 2.29. The van der Waals surface area contributed by atoms with E-state index in [1.165, 1.54) is 0 Å². The van der Waals surface area contributed by atoms with Crippen molar-refractivity contribution in [3.63, 3.8) is 0 Å². The molecule has 0 atom stereocenters. The second-order valence-electron chi connectivity index (χ2n) is 9.04. The van der Waals surface area contributed by atoms with Crippen molar-refractivity contribution in [2.75, 3.05) is 20.3 Å². The largest absolute Gasteiger partial charge is 0.493 e. The molecule has 0 aliphatic carbocycles. The number of ether oxygens (including phenoxy) is 2. The number of carbonyl (C=O) groups is 1. The average molecular weight is 492 g/mol. The second-order valence-corrected chi connectivity index (χ2v) is 9.04. The molecule has 194 valence electrons. The van der Waals surface area contributed by atoms with Crippen LogP contribution in [-0.2, 0) is 17.8 Å². The van der Waals surface area contributed by atoms with Crippen LogP contribution in [0, 0.1) is 5.92 Å². The smallest absolute Gasteiger partial charge is 0.223 e. The lowest BCUT2D eigenvalue weighted by atomic mass is 10.0. The Kier molecular flexibility index (Phi) is 10.9. The molecule has 0 aliphatic heterocycles. The van der Waals surface area contributed by atoms with Gasteiger partial charge in [-0.05, 0) is 68.9 Å². The Labute approximate surface area is 215 Å². The molecule has 0 spiro atoms. The van der Waals surface area contributed by atoms with E-state index in [4.69, 9.17) is 14.5 Å². The van der Waals surface area contributed by atoms with Crippen LogP contribution in [0.1, 0.15) is 64.3 Å². The van der Waals surface area contributed by atoms with Gasteiger partial charge in [-0.15, -0.1) is 0 Å². The van der Waals surface area contributed by atoms with Crippen LogP contribution in [0.5, 0.6) is 11.5 Å². The van der Waals surface area contributed by atoms with E-state index in [0.717, 1.165) is 79.0 Å². The van der Waals surface area contributed by atoms with E-state index in [0.29, 0.717) is 13.2 Å². The Morgan fingerprint density at radius 1 is 1.08 bits per heavy atom. The molecule has 2 aromatic carbocycles. The van der Waals surface area contributed by atoms with E-state index >= 15 is 0 Å². The number of fused-ring (bicyclic) bond motifs is 1. The van der Waals surface area contributed by atoms with Crippen molar-refractivity contribution in [2.45, 2.75) is 65.8 Å². The van der Waals surface area contributed by atoms with Gasteiger partial charge in [0.05, 0.1) is 24.8 Å². The van der Waals surface area contributed by atoms with Gasteiger partial charge in [0.1, 0.15) is 5.82 Å².